The number of methoxy groups -OCH3 is 1. The Kier molecular flexibility index (Phi) is 7.03. The maximum Gasteiger partial charge on any atom is 0.337 e. The predicted octanol–water partition coefficient (Wildman–Crippen LogP) is 3.50. The fourth-order valence-corrected chi connectivity index (χ4v) is 2.19. The van der Waals surface area contributed by atoms with E-state index < -0.39 is 29.8 Å². The minimum atomic E-state index is -1.07. The van der Waals surface area contributed by atoms with E-state index in [2.05, 4.69) is 10.1 Å². The van der Waals surface area contributed by atoms with Gasteiger partial charge >= 0.3 is 11.9 Å². The second-order valence-corrected chi connectivity index (χ2v) is 5.98. The highest BCUT2D eigenvalue weighted by atomic mass is 19.1. The SMILES string of the molecule is COC(=O)c1ccc(/C=C/C(=O)O[C@H](C)C(=O)Nc2ccc(C)c(F)c2)cc1. The molecule has 0 fully saturated rings. The van der Waals surface area contributed by atoms with Crippen LogP contribution < -0.4 is 5.32 Å². The van der Waals surface area contributed by atoms with Crippen LogP contribution in [0.15, 0.2) is 48.5 Å². The van der Waals surface area contributed by atoms with Gasteiger partial charge in [0.15, 0.2) is 6.10 Å². The summed E-state index contributed by atoms with van der Waals surface area (Å²) in [5.41, 5.74) is 1.79. The number of anilines is 1. The van der Waals surface area contributed by atoms with Crippen molar-refractivity contribution >= 4 is 29.6 Å². The van der Waals surface area contributed by atoms with Crippen LogP contribution in [0.2, 0.25) is 0 Å². The Labute approximate surface area is 162 Å². The number of carbonyl (C=O) groups is 3. The molecule has 0 spiro atoms. The Morgan fingerprint density at radius 3 is 2.39 bits per heavy atom. The van der Waals surface area contributed by atoms with Gasteiger partial charge in [0, 0.05) is 11.8 Å². The van der Waals surface area contributed by atoms with E-state index in [0.717, 1.165) is 0 Å². The van der Waals surface area contributed by atoms with E-state index in [1.807, 2.05) is 0 Å². The normalized spacial score (nSPS) is 11.7. The molecule has 2 rings (SSSR count). The molecule has 2 aromatic rings. The first-order valence-electron chi connectivity index (χ1n) is 8.44. The van der Waals surface area contributed by atoms with Gasteiger partial charge in [0.25, 0.3) is 5.91 Å². The average molecular weight is 385 g/mol. The topological polar surface area (TPSA) is 81.7 Å². The number of aryl methyl sites for hydroxylation is 1. The summed E-state index contributed by atoms with van der Waals surface area (Å²) in [6.07, 6.45) is 1.59. The van der Waals surface area contributed by atoms with Crippen molar-refractivity contribution in [3.05, 3.63) is 71.0 Å². The van der Waals surface area contributed by atoms with Gasteiger partial charge in [-0.3, -0.25) is 4.79 Å². The largest absolute Gasteiger partial charge is 0.465 e. The Morgan fingerprint density at radius 1 is 1.11 bits per heavy atom. The van der Waals surface area contributed by atoms with E-state index in [-0.39, 0.29) is 5.69 Å². The van der Waals surface area contributed by atoms with E-state index in [1.165, 1.54) is 38.3 Å². The Hall–Kier alpha value is -3.48. The minimum absolute atomic E-state index is 0.275. The fraction of sp³-hybridized carbons (Fsp3) is 0.190. The molecule has 0 saturated heterocycles. The highest BCUT2D eigenvalue weighted by Crippen LogP contribution is 2.14. The van der Waals surface area contributed by atoms with Crippen LogP contribution in [-0.2, 0) is 19.1 Å². The van der Waals surface area contributed by atoms with Crippen molar-refractivity contribution in [1.82, 2.24) is 0 Å². The van der Waals surface area contributed by atoms with E-state index in [1.54, 1.807) is 37.3 Å². The summed E-state index contributed by atoms with van der Waals surface area (Å²) in [5.74, 6) is -2.19. The van der Waals surface area contributed by atoms with E-state index >= 15 is 0 Å². The van der Waals surface area contributed by atoms with Crippen molar-refractivity contribution in [3.63, 3.8) is 0 Å². The molecule has 0 heterocycles. The van der Waals surface area contributed by atoms with Crippen LogP contribution in [-0.4, -0.2) is 31.1 Å². The van der Waals surface area contributed by atoms with Gasteiger partial charge in [0.1, 0.15) is 5.82 Å². The Morgan fingerprint density at radius 2 is 1.79 bits per heavy atom. The molecule has 0 aromatic heterocycles. The molecule has 0 aliphatic rings. The third-order valence-corrected chi connectivity index (χ3v) is 3.85. The quantitative estimate of drug-likeness (QED) is 0.608. The monoisotopic (exact) mass is 385 g/mol. The molecule has 7 heteroatoms. The number of esters is 2. The lowest BCUT2D eigenvalue weighted by Crippen LogP contribution is -2.29. The molecular weight excluding hydrogens is 365 g/mol. The van der Waals surface area contributed by atoms with Crippen molar-refractivity contribution in [2.45, 2.75) is 20.0 Å². The van der Waals surface area contributed by atoms with E-state index in [4.69, 9.17) is 4.74 Å². The van der Waals surface area contributed by atoms with Crippen LogP contribution in [0.1, 0.15) is 28.4 Å². The molecule has 1 atom stereocenters. The number of hydrogen-bond donors (Lipinski definition) is 1. The number of amides is 1. The first kappa shape index (κ1) is 20.8. The number of halogens is 1. The summed E-state index contributed by atoms with van der Waals surface area (Å²) in [6, 6.07) is 10.7. The van der Waals surface area contributed by atoms with Gasteiger partial charge in [-0.15, -0.1) is 0 Å². The summed E-state index contributed by atoms with van der Waals surface area (Å²) in [4.78, 5) is 35.3. The van der Waals surface area contributed by atoms with Crippen LogP contribution in [0.4, 0.5) is 10.1 Å². The number of benzene rings is 2. The second kappa shape index (κ2) is 9.45. The van der Waals surface area contributed by atoms with Gasteiger partial charge in [-0.2, -0.15) is 0 Å². The highest BCUT2D eigenvalue weighted by molar-refractivity contribution is 5.96. The highest BCUT2D eigenvalue weighted by Gasteiger charge is 2.17. The standard InChI is InChI=1S/C21H20FNO5/c1-13-4-10-17(12-18(13)22)23-20(25)14(2)28-19(24)11-7-15-5-8-16(9-6-15)21(26)27-3/h4-12,14H,1-3H3,(H,23,25)/b11-7+/t14-/m1/s1. The molecule has 146 valence electrons. The number of nitrogens with one attached hydrogen (secondary N) is 1. The van der Waals surface area contributed by atoms with Crippen LogP contribution in [0.5, 0.6) is 0 Å². The minimum Gasteiger partial charge on any atom is -0.465 e. The fourth-order valence-electron chi connectivity index (χ4n) is 2.19. The number of carbonyl (C=O) groups excluding carboxylic acids is 3. The van der Waals surface area contributed by atoms with Gasteiger partial charge in [-0.05, 0) is 55.3 Å². The lowest BCUT2D eigenvalue weighted by molar-refractivity contribution is -0.148. The zero-order valence-corrected chi connectivity index (χ0v) is 15.7. The second-order valence-electron chi connectivity index (χ2n) is 5.98. The van der Waals surface area contributed by atoms with Gasteiger partial charge in [-0.1, -0.05) is 18.2 Å². The summed E-state index contributed by atoms with van der Waals surface area (Å²) in [6.45, 7) is 3.03. The van der Waals surface area contributed by atoms with Crippen LogP contribution in [0.25, 0.3) is 6.08 Å². The molecule has 0 aliphatic heterocycles. The van der Waals surface area contributed by atoms with E-state index in [9.17, 15) is 18.8 Å². The van der Waals surface area contributed by atoms with Crippen molar-refractivity contribution in [2.75, 3.05) is 12.4 Å². The average Bonchev–Trinajstić information content (AvgIpc) is 2.69. The van der Waals surface area contributed by atoms with Crippen LogP contribution >= 0.6 is 0 Å². The molecule has 1 amide bonds. The van der Waals surface area contributed by atoms with Crippen LogP contribution in [0, 0.1) is 12.7 Å². The number of rotatable bonds is 6. The molecule has 0 unspecified atom stereocenters. The molecular formula is C21H20FNO5. The molecule has 0 radical (unpaired) electrons. The lowest BCUT2D eigenvalue weighted by atomic mass is 10.1. The Bertz CT molecular complexity index is 906. The summed E-state index contributed by atoms with van der Waals surface area (Å²) in [5, 5.41) is 2.49. The van der Waals surface area contributed by atoms with Gasteiger partial charge in [-0.25, -0.2) is 14.0 Å². The zero-order valence-electron chi connectivity index (χ0n) is 15.7. The van der Waals surface area contributed by atoms with Crippen molar-refractivity contribution < 1.29 is 28.2 Å². The molecule has 1 N–H and O–H groups in total. The molecule has 2 aromatic carbocycles. The van der Waals surface area contributed by atoms with Crippen molar-refractivity contribution in [3.8, 4) is 0 Å². The zero-order chi connectivity index (χ0) is 20.7. The van der Waals surface area contributed by atoms with Crippen molar-refractivity contribution in [2.24, 2.45) is 0 Å². The third kappa shape index (κ3) is 5.77. The summed E-state index contributed by atoms with van der Waals surface area (Å²) >= 11 is 0. The number of ether oxygens (including phenoxy) is 2. The van der Waals surface area contributed by atoms with Gasteiger partial charge in [0.2, 0.25) is 0 Å². The number of hydrogen-bond acceptors (Lipinski definition) is 5. The summed E-state index contributed by atoms with van der Waals surface area (Å²) in [7, 11) is 1.29. The Balaban J connectivity index is 1.90. The van der Waals surface area contributed by atoms with Gasteiger partial charge < -0.3 is 14.8 Å². The van der Waals surface area contributed by atoms with Crippen LogP contribution in [0.3, 0.4) is 0 Å². The predicted molar refractivity (Wildman–Crippen MR) is 102 cm³/mol. The first-order valence-corrected chi connectivity index (χ1v) is 8.44. The first-order chi connectivity index (χ1) is 13.3. The maximum atomic E-state index is 13.5. The molecule has 0 saturated carbocycles. The third-order valence-electron chi connectivity index (χ3n) is 3.85. The lowest BCUT2D eigenvalue weighted by Gasteiger charge is -2.12. The van der Waals surface area contributed by atoms with E-state index in [0.29, 0.717) is 16.7 Å². The molecule has 28 heavy (non-hydrogen) atoms. The molecule has 6 nitrogen and oxygen atoms in total. The molecule has 0 aliphatic carbocycles. The maximum absolute atomic E-state index is 13.5. The van der Waals surface area contributed by atoms with Gasteiger partial charge in [0.05, 0.1) is 12.7 Å². The molecule has 0 bridgehead atoms. The smallest absolute Gasteiger partial charge is 0.337 e. The summed E-state index contributed by atoms with van der Waals surface area (Å²) < 4.78 is 23.2. The van der Waals surface area contributed by atoms with Crippen molar-refractivity contribution in [1.29, 1.82) is 0 Å².